The van der Waals surface area contributed by atoms with E-state index in [9.17, 15) is 13.7 Å². The van der Waals surface area contributed by atoms with E-state index in [2.05, 4.69) is 26.7 Å². The van der Waals surface area contributed by atoms with Gasteiger partial charge in [-0.25, -0.2) is 13.4 Å². The Kier molecular flexibility index (Phi) is 5.44. The van der Waals surface area contributed by atoms with E-state index in [0.29, 0.717) is 23.4 Å². The summed E-state index contributed by atoms with van der Waals surface area (Å²) in [5.74, 6) is 0.638. The monoisotopic (exact) mass is 409 g/mol. The summed E-state index contributed by atoms with van der Waals surface area (Å²) in [5.41, 5.74) is 2.60. The number of nitrogens with zero attached hydrogens (tertiary/aromatic N) is 3. The molecule has 7 nitrogen and oxygen atoms in total. The van der Waals surface area contributed by atoms with Crippen LogP contribution in [-0.2, 0) is 16.4 Å². The summed E-state index contributed by atoms with van der Waals surface area (Å²) < 4.78 is 23.1. The molecule has 0 atom stereocenters. The van der Waals surface area contributed by atoms with Crippen LogP contribution >= 0.6 is 0 Å². The van der Waals surface area contributed by atoms with E-state index in [4.69, 9.17) is 0 Å². The van der Waals surface area contributed by atoms with Crippen molar-refractivity contribution >= 4 is 32.2 Å². The number of aromatic nitrogens is 2. The van der Waals surface area contributed by atoms with E-state index in [0.717, 1.165) is 16.6 Å². The molecule has 0 aliphatic carbocycles. The molecule has 0 unspecified atom stereocenters. The summed E-state index contributed by atoms with van der Waals surface area (Å²) in [4.78, 5) is 9.01. The Morgan fingerprint density at radius 1 is 1.10 bits per heavy atom. The van der Waals surface area contributed by atoms with Crippen molar-refractivity contribution in [2.75, 3.05) is 16.9 Å². The summed E-state index contributed by atoms with van der Waals surface area (Å²) in [6.07, 6.45) is 4.40. The van der Waals surface area contributed by atoms with Crippen molar-refractivity contribution in [3.05, 3.63) is 53.9 Å². The second-order valence-corrected chi connectivity index (χ2v) is 9.91. The minimum Gasteiger partial charge on any atom is -0.379 e. The van der Waals surface area contributed by atoms with Crippen LogP contribution in [-0.4, -0.2) is 30.2 Å². The third kappa shape index (κ3) is 5.00. The molecule has 0 radical (unpaired) electrons. The van der Waals surface area contributed by atoms with E-state index < -0.39 is 9.84 Å². The van der Waals surface area contributed by atoms with Crippen molar-refractivity contribution in [2.24, 2.45) is 0 Å². The molecule has 0 bridgehead atoms. The number of hydrogen-bond acceptors (Lipinski definition) is 7. The maximum atomic E-state index is 11.6. The number of fused-ring (bicyclic) bond motifs is 1. The van der Waals surface area contributed by atoms with E-state index in [1.54, 1.807) is 36.7 Å². The quantitative estimate of drug-likeness (QED) is 0.661. The zero-order valence-corrected chi connectivity index (χ0v) is 17.6. The number of hydrogen-bond donors (Lipinski definition) is 2. The first-order valence-corrected chi connectivity index (χ1v) is 11.0. The minimum atomic E-state index is -3.21. The summed E-state index contributed by atoms with van der Waals surface area (Å²) >= 11 is 0. The lowest BCUT2D eigenvalue weighted by Gasteiger charge is -2.24. The highest BCUT2D eigenvalue weighted by atomic mass is 32.2. The predicted octanol–water partition coefficient (Wildman–Crippen LogP) is 3.73. The molecule has 0 saturated heterocycles. The van der Waals surface area contributed by atoms with Crippen LogP contribution in [0.25, 0.3) is 10.9 Å². The molecule has 0 fully saturated rings. The Morgan fingerprint density at radius 2 is 1.79 bits per heavy atom. The van der Waals surface area contributed by atoms with Gasteiger partial charge in [0.05, 0.1) is 27.9 Å². The van der Waals surface area contributed by atoms with Gasteiger partial charge in [-0.3, -0.25) is 4.98 Å². The molecule has 1 aromatic carbocycles. The maximum absolute atomic E-state index is 11.6. The SMILES string of the molecule is CC(C)(C)Nc1c(C#N)cnc2cnc(NCc3ccc(S(C)(=O)=O)cc3)cc12. The predicted molar refractivity (Wildman–Crippen MR) is 115 cm³/mol. The molecule has 3 rings (SSSR count). The lowest BCUT2D eigenvalue weighted by atomic mass is 10.1. The number of anilines is 2. The maximum Gasteiger partial charge on any atom is 0.175 e. The first kappa shape index (κ1) is 20.6. The van der Waals surface area contributed by atoms with Gasteiger partial charge in [0.25, 0.3) is 0 Å². The molecule has 8 heteroatoms. The fraction of sp³-hybridized carbons (Fsp3) is 0.286. The molecule has 2 N–H and O–H groups in total. The van der Waals surface area contributed by atoms with Gasteiger partial charge < -0.3 is 10.6 Å². The second-order valence-electron chi connectivity index (χ2n) is 7.89. The molecule has 0 spiro atoms. The minimum absolute atomic E-state index is 0.224. The van der Waals surface area contributed by atoms with Gasteiger partial charge in [-0.05, 0) is 44.5 Å². The summed E-state index contributed by atoms with van der Waals surface area (Å²) in [7, 11) is -3.21. The van der Waals surface area contributed by atoms with Gasteiger partial charge in [0.2, 0.25) is 0 Å². The molecular weight excluding hydrogens is 386 g/mol. The normalized spacial score (nSPS) is 11.8. The van der Waals surface area contributed by atoms with Crippen molar-refractivity contribution in [2.45, 2.75) is 37.8 Å². The van der Waals surface area contributed by atoms with Crippen LogP contribution in [0, 0.1) is 11.3 Å². The molecule has 0 amide bonds. The summed E-state index contributed by atoms with van der Waals surface area (Å²) in [6.45, 7) is 6.57. The number of nitriles is 1. The molecule has 2 heterocycles. The number of benzene rings is 1. The first-order valence-electron chi connectivity index (χ1n) is 9.07. The van der Waals surface area contributed by atoms with Crippen molar-refractivity contribution in [3.63, 3.8) is 0 Å². The van der Waals surface area contributed by atoms with Gasteiger partial charge in [-0.2, -0.15) is 5.26 Å². The summed E-state index contributed by atoms with van der Waals surface area (Å²) in [5, 5.41) is 16.9. The Bertz CT molecular complexity index is 1190. The molecule has 3 aromatic rings. The molecule has 29 heavy (non-hydrogen) atoms. The van der Waals surface area contributed by atoms with Crippen molar-refractivity contribution in [3.8, 4) is 6.07 Å². The van der Waals surface area contributed by atoms with Crippen molar-refractivity contribution in [1.29, 1.82) is 5.26 Å². The van der Waals surface area contributed by atoms with Crippen LogP contribution in [0.5, 0.6) is 0 Å². The number of pyridine rings is 2. The molecular formula is C21H23N5O2S. The third-order valence-electron chi connectivity index (χ3n) is 4.20. The fourth-order valence-corrected chi connectivity index (χ4v) is 3.46. The number of nitrogens with one attached hydrogen (secondary N) is 2. The Morgan fingerprint density at radius 3 is 2.38 bits per heavy atom. The lowest BCUT2D eigenvalue weighted by Crippen LogP contribution is -2.26. The van der Waals surface area contributed by atoms with Crippen LogP contribution < -0.4 is 10.6 Å². The van der Waals surface area contributed by atoms with Gasteiger partial charge in [-0.15, -0.1) is 0 Å². The highest BCUT2D eigenvalue weighted by Gasteiger charge is 2.16. The smallest absolute Gasteiger partial charge is 0.175 e. The van der Waals surface area contributed by atoms with Crippen molar-refractivity contribution in [1.82, 2.24) is 9.97 Å². The first-order chi connectivity index (χ1) is 13.6. The largest absolute Gasteiger partial charge is 0.379 e. The Balaban J connectivity index is 1.89. The lowest BCUT2D eigenvalue weighted by molar-refractivity contribution is 0.602. The number of rotatable bonds is 5. The zero-order chi connectivity index (χ0) is 21.2. The molecule has 150 valence electrons. The van der Waals surface area contributed by atoms with Crippen LogP contribution in [0.3, 0.4) is 0 Å². The van der Waals surface area contributed by atoms with E-state index >= 15 is 0 Å². The van der Waals surface area contributed by atoms with Gasteiger partial charge in [0, 0.05) is 29.9 Å². The van der Waals surface area contributed by atoms with Crippen LogP contribution in [0.1, 0.15) is 31.9 Å². The van der Waals surface area contributed by atoms with Gasteiger partial charge in [-0.1, -0.05) is 12.1 Å². The van der Waals surface area contributed by atoms with E-state index in [-0.39, 0.29) is 10.4 Å². The fourth-order valence-electron chi connectivity index (χ4n) is 2.83. The highest BCUT2D eigenvalue weighted by molar-refractivity contribution is 7.90. The Hall–Kier alpha value is -3.18. The van der Waals surface area contributed by atoms with Crippen molar-refractivity contribution < 1.29 is 8.42 Å². The molecule has 2 aromatic heterocycles. The topological polar surface area (TPSA) is 108 Å². The molecule has 0 aliphatic rings. The van der Waals surface area contributed by atoms with Gasteiger partial charge in [0.1, 0.15) is 11.9 Å². The zero-order valence-electron chi connectivity index (χ0n) is 16.8. The van der Waals surface area contributed by atoms with E-state index in [1.807, 2.05) is 26.8 Å². The number of sulfone groups is 1. The third-order valence-corrected chi connectivity index (χ3v) is 5.33. The molecule has 0 saturated carbocycles. The Labute approximate surface area is 170 Å². The van der Waals surface area contributed by atoms with Crippen LogP contribution in [0.15, 0.2) is 47.6 Å². The highest BCUT2D eigenvalue weighted by Crippen LogP contribution is 2.29. The van der Waals surface area contributed by atoms with Crippen LogP contribution in [0.2, 0.25) is 0 Å². The van der Waals surface area contributed by atoms with E-state index in [1.165, 1.54) is 6.26 Å². The van der Waals surface area contributed by atoms with Gasteiger partial charge >= 0.3 is 0 Å². The average molecular weight is 410 g/mol. The second kappa shape index (κ2) is 7.68. The average Bonchev–Trinajstić information content (AvgIpc) is 2.65. The standard InChI is InChI=1S/C21H23N5O2S/c1-21(2,3)26-20-15(10-22)12-23-18-13-25-19(9-17(18)20)24-11-14-5-7-16(8-6-14)29(4,27)28/h5-9,12-13H,11H2,1-4H3,(H,23,26)(H,24,25). The molecule has 0 aliphatic heterocycles. The summed E-state index contributed by atoms with van der Waals surface area (Å²) in [6, 6.07) is 10.8. The van der Waals surface area contributed by atoms with Crippen LogP contribution in [0.4, 0.5) is 11.5 Å². The van der Waals surface area contributed by atoms with Gasteiger partial charge in [0.15, 0.2) is 9.84 Å².